The molecule has 1 saturated heterocycles. The molecule has 0 amide bonds. The molecule has 1 atom stereocenters. The van der Waals surface area contributed by atoms with Crippen molar-refractivity contribution in [2.24, 2.45) is 0 Å². The number of aliphatic hydroxyl groups excluding tert-OH is 1. The van der Waals surface area contributed by atoms with E-state index in [1.54, 1.807) is 18.3 Å². The molecule has 1 aliphatic rings. The summed E-state index contributed by atoms with van der Waals surface area (Å²) in [6.45, 7) is 1.37. The van der Waals surface area contributed by atoms with Crippen LogP contribution in [-0.4, -0.2) is 38.8 Å². The van der Waals surface area contributed by atoms with E-state index in [1.807, 2.05) is 28.8 Å². The van der Waals surface area contributed by atoms with Gasteiger partial charge in [0.1, 0.15) is 6.07 Å². The Morgan fingerprint density at radius 3 is 2.92 bits per heavy atom. The molecule has 0 unspecified atom stereocenters. The predicted molar refractivity (Wildman–Crippen MR) is 91.0 cm³/mol. The summed E-state index contributed by atoms with van der Waals surface area (Å²) in [7, 11) is 0. The zero-order valence-corrected chi connectivity index (χ0v) is 13.1. The van der Waals surface area contributed by atoms with Crippen molar-refractivity contribution in [1.29, 1.82) is 5.26 Å². The van der Waals surface area contributed by atoms with Crippen molar-refractivity contribution >= 4 is 17.0 Å². The first kappa shape index (κ1) is 14.7. The fraction of sp³-hybridized carbons (Fsp3) is 0.278. The standard InChI is InChI=1S/C18H17N5O/c19-11-13-5-3-9-20-17(13)23-16-8-2-1-7-15(16)21-18(23)22-10-4-6-14(24)12-22/h1-3,5,7-9,14,24H,4,6,10,12H2/t14-/m1/s1. The molecule has 1 aromatic carbocycles. The number of benzene rings is 1. The Kier molecular flexibility index (Phi) is 3.63. The third-order valence-electron chi connectivity index (χ3n) is 4.34. The van der Waals surface area contributed by atoms with Gasteiger partial charge in [-0.25, -0.2) is 9.97 Å². The molecule has 120 valence electrons. The van der Waals surface area contributed by atoms with Gasteiger partial charge in [0.15, 0.2) is 5.82 Å². The van der Waals surface area contributed by atoms with Gasteiger partial charge in [-0.15, -0.1) is 0 Å². The number of anilines is 1. The summed E-state index contributed by atoms with van der Waals surface area (Å²) >= 11 is 0. The van der Waals surface area contributed by atoms with Crippen LogP contribution in [0.1, 0.15) is 18.4 Å². The first-order valence-electron chi connectivity index (χ1n) is 8.04. The number of hydrogen-bond acceptors (Lipinski definition) is 5. The van der Waals surface area contributed by atoms with E-state index in [0.29, 0.717) is 17.9 Å². The van der Waals surface area contributed by atoms with Crippen LogP contribution in [0.4, 0.5) is 5.95 Å². The van der Waals surface area contributed by atoms with E-state index in [0.717, 1.165) is 36.4 Å². The summed E-state index contributed by atoms with van der Waals surface area (Å²) in [5.74, 6) is 1.30. The molecule has 6 nitrogen and oxygen atoms in total. The largest absolute Gasteiger partial charge is 0.391 e. The average Bonchev–Trinajstić information content (AvgIpc) is 3.01. The predicted octanol–water partition coefficient (Wildman–Crippen LogP) is 2.25. The number of fused-ring (bicyclic) bond motifs is 1. The number of hydrogen-bond donors (Lipinski definition) is 1. The smallest absolute Gasteiger partial charge is 0.212 e. The van der Waals surface area contributed by atoms with Gasteiger partial charge in [0.2, 0.25) is 5.95 Å². The maximum absolute atomic E-state index is 10.0. The van der Waals surface area contributed by atoms with Gasteiger partial charge in [-0.3, -0.25) is 4.57 Å². The van der Waals surface area contributed by atoms with Gasteiger partial charge in [-0.05, 0) is 37.1 Å². The Hall–Kier alpha value is -2.91. The van der Waals surface area contributed by atoms with E-state index in [-0.39, 0.29) is 6.10 Å². The van der Waals surface area contributed by atoms with Crippen LogP contribution >= 0.6 is 0 Å². The highest BCUT2D eigenvalue weighted by Crippen LogP contribution is 2.29. The summed E-state index contributed by atoms with van der Waals surface area (Å²) in [6.07, 6.45) is 3.05. The number of β-amino-alcohol motifs (C(OH)–C–C–N with tert-alkyl or cyclic N) is 1. The molecule has 1 fully saturated rings. The van der Waals surface area contributed by atoms with Gasteiger partial charge in [0, 0.05) is 19.3 Å². The van der Waals surface area contributed by atoms with Gasteiger partial charge >= 0.3 is 0 Å². The van der Waals surface area contributed by atoms with E-state index in [9.17, 15) is 10.4 Å². The topological polar surface area (TPSA) is 78.0 Å². The molecule has 0 radical (unpaired) electrons. The van der Waals surface area contributed by atoms with E-state index in [4.69, 9.17) is 4.98 Å². The highest BCUT2D eigenvalue weighted by molar-refractivity contribution is 5.81. The summed E-state index contributed by atoms with van der Waals surface area (Å²) in [5, 5.41) is 19.5. The molecule has 4 rings (SSSR count). The lowest BCUT2D eigenvalue weighted by atomic mass is 10.1. The van der Waals surface area contributed by atoms with Crippen LogP contribution in [-0.2, 0) is 0 Å². The number of nitriles is 1. The zero-order valence-electron chi connectivity index (χ0n) is 13.1. The van der Waals surface area contributed by atoms with E-state index in [1.165, 1.54) is 0 Å². The monoisotopic (exact) mass is 319 g/mol. The Labute approximate surface area is 139 Å². The highest BCUT2D eigenvalue weighted by atomic mass is 16.3. The average molecular weight is 319 g/mol. The molecular formula is C18H17N5O. The maximum atomic E-state index is 10.0. The van der Waals surface area contributed by atoms with E-state index < -0.39 is 0 Å². The van der Waals surface area contributed by atoms with Crippen molar-refractivity contribution in [3.63, 3.8) is 0 Å². The van der Waals surface area contributed by atoms with Crippen molar-refractivity contribution < 1.29 is 5.11 Å². The number of aromatic nitrogens is 3. The molecule has 0 bridgehead atoms. The zero-order chi connectivity index (χ0) is 16.5. The van der Waals surface area contributed by atoms with Crippen LogP contribution in [0.15, 0.2) is 42.6 Å². The number of aliphatic hydroxyl groups is 1. The molecule has 0 saturated carbocycles. The molecule has 1 aliphatic heterocycles. The fourth-order valence-electron chi connectivity index (χ4n) is 3.23. The molecule has 0 spiro atoms. The Balaban J connectivity index is 1.96. The van der Waals surface area contributed by atoms with Crippen molar-refractivity contribution in [3.8, 4) is 11.9 Å². The van der Waals surface area contributed by atoms with E-state index >= 15 is 0 Å². The van der Waals surface area contributed by atoms with Crippen molar-refractivity contribution in [1.82, 2.24) is 14.5 Å². The number of piperidine rings is 1. The molecular weight excluding hydrogens is 302 g/mol. The lowest BCUT2D eigenvalue weighted by molar-refractivity contribution is 0.153. The Morgan fingerprint density at radius 1 is 1.21 bits per heavy atom. The molecule has 6 heteroatoms. The fourth-order valence-corrected chi connectivity index (χ4v) is 3.23. The number of rotatable bonds is 2. The normalized spacial score (nSPS) is 17.8. The second-order valence-electron chi connectivity index (χ2n) is 5.96. The number of imidazole rings is 1. The molecule has 0 aliphatic carbocycles. The Bertz CT molecular complexity index is 927. The van der Waals surface area contributed by atoms with Crippen LogP contribution < -0.4 is 4.90 Å². The molecule has 24 heavy (non-hydrogen) atoms. The molecule has 3 heterocycles. The second-order valence-corrected chi connectivity index (χ2v) is 5.96. The minimum absolute atomic E-state index is 0.355. The first-order valence-corrected chi connectivity index (χ1v) is 8.04. The summed E-state index contributed by atoms with van der Waals surface area (Å²) in [5.41, 5.74) is 2.25. The summed E-state index contributed by atoms with van der Waals surface area (Å²) in [4.78, 5) is 11.3. The van der Waals surface area contributed by atoms with Gasteiger partial charge in [0.05, 0.1) is 22.7 Å². The highest BCUT2D eigenvalue weighted by Gasteiger charge is 2.25. The van der Waals surface area contributed by atoms with Crippen LogP contribution in [0.25, 0.3) is 16.9 Å². The van der Waals surface area contributed by atoms with Crippen LogP contribution in [0.3, 0.4) is 0 Å². The number of nitrogens with zero attached hydrogens (tertiary/aromatic N) is 5. The van der Waals surface area contributed by atoms with Gasteiger partial charge < -0.3 is 10.0 Å². The van der Waals surface area contributed by atoms with Gasteiger partial charge in [-0.2, -0.15) is 5.26 Å². The first-order chi connectivity index (χ1) is 11.8. The summed E-state index contributed by atoms with van der Waals surface area (Å²) in [6, 6.07) is 13.5. The number of para-hydroxylation sites is 2. The number of pyridine rings is 1. The van der Waals surface area contributed by atoms with Crippen LogP contribution in [0.2, 0.25) is 0 Å². The SMILES string of the molecule is N#Cc1cccnc1-n1c(N2CCC[C@@H](O)C2)nc2ccccc21. The molecule has 1 N–H and O–H groups in total. The molecule has 3 aromatic rings. The van der Waals surface area contributed by atoms with Crippen LogP contribution in [0.5, 0.6) is 0 Å². The summed E-state index contributed by atoms with van der Waals surface area (Å²) < 4.78 is 1.92. The third kappa shape index (κ3) is 2.39. The van der Waals surface area contributed by atoms with Gasteiger partial charge in [0.25, 0.3) is 0 Å². The van der Waals surface area contributed by atoms with Gasteiger partial charge in [-0.1, -0.05) is 12.1 Å². The third-order valence-corrected chi connectivity index (χ3v) is 4.34. The van der Waals surface area contributed by atoms with Crippen LogP contribution in [0, 0.1) is 11.3 Å². The quantitative estimate of drug-likeness (QED) is 0.784. The maximum Gasteiger partial charge on any atom is 0.212 e. The minimum atomic E-state index is -0.355. The lowest BCUT2D eigenvalue weighted by Crippen LogP contribution is -2.39. The van der Waals surface area contributed by atoms with E-state index in [2.05, 4.69) is 16.0 Å². The van der Waals surface area contributed by atoms with Crippen molar-refractivity contribution in [2.75, 3.05) is 18.0 Å². The second kappa shape index (κ2) is 5.95. The Morgan fingerprint density at radius 2 is 2.08 bits per heavy atom. The molecule has 2 aromatic heterocycles. The van der Waals surface area contributed by atoms with Crippen molar-refractivity contribution in [3.05, 3.63) is 48.2 Å². The minimum Gasteiger partial charge on any atom is -0.391 e. The van der Waals surface area contributed by atoms with Crippen molar-refractivity contribution in [2.45, 2.75) is 18.9 Å². The lowest BCUT2D eigenvalue weighted by Gasteiger charge is -2.31.